The van der Waals surface area contributed by atoms with Crippen LogP contribution in [0.15, 0.2) is 59.5 Å². The molecule has 2 aromatic carbocycles. The highest BCUT2D eigenvalue weighted by molar-refractivity contribution is 5.80. The molecule has 150 valence electrons. The molecule has 5 nitrogen and oxygen atoms in total. The number of aryl methyl sites for hydroxylation is 1. The standard InChI is InChI=1S/C23H25FN4O/c1-2-12-27-21-5-3-4-6-22(21)28(23(27)29)25-13-10-19(11-14-25)26-15-9-17-16-18(24)7-8-20(17)26/h3-9,15-16,19H,2,10-14H2,1H3. The summed E-state index contributed by atoms with van der Waals surface area (Å²) in [5.41, 5.74) is 3.10. The van der Waals surface area contributed by atoms with Crippen molar-refractivity contribution < 1.29 is 4.39 Å². The van der Waals surface area contributed by atoms with Crippen LogP contribution in [-0.4, -0.2) is 26.9 Å². The van der Waals surface area contributed by atoms with E-state index in [0.29, 0.717) is 6.04 Å². The van der Waals surface area contributed by atoms with E-state index in [9.17, 15) is 9.18 Å². The highest BCUT2D eigenvalue weighted by Crippen LogP contribution is 2.28. The Balaban J connectivity index is 1.44. The second-order valence-electron chi connectivity index (χ2n) is 7.85. The van der Waals surface area contributed by atoms with Crippen molar-refractivity contribution in [3.8, 4) is 0 Å². The quantitative estimate of drug-likeness (QED) is 0.520. The second-order valence-corrected chi connectivity index (χ2v) is 7.85. The summed E-state index contributed by atoms with van der Waals surface area (Å²) in [7, 11) is 0. The number of piperidine rings is 1. The average Bonchev–Trinajstić information content (AvgIpc) is 3.27. The van der Waals surface area contributed by atoms with E-state index >= 15 is 0 Å². The third-order valence-electron chi connectivity index (χ3n) is 6.06. The fourth-order valence-electron chi connectivity index (χ4n) is 4.69. The molecular formula is C23H25FN4O. The average molecular weight is 392 g/mol. The smallest absolute Gasteiger partial charge is 0.344 e. The number of fused-ring (bicyclic) bond motifs is 2. The zero-order valence-corrected chi connectivity index (χ0v) is 16.6. The number of nitrogens with zero attached hydrogens (tertiary/aromatic N) is 4. The van der Waals surface area contributed by atoms with Gasteiger partial charge in [0, 0.05) is 42.8 Å². The lowest BCUT2D eigenvalue weighted by molar-refractivity contribution is 0.363. The fourth-order valence-corrected chi connectivity index (χ4v) is 4.69. The molecule has 0 unspecified atom stereocenters. The van der Waals surface area contributed by atoms with Crippen molar-refractivity contribution in [1.82, 2.24) is 13.8 Å². The van der Waals surface area contributed by atoms with Crippen LogP contribution in [-0.2, 0) is 6.54 Å². The van der Waals surface area contributed by atoms with E-state index in [0.717, 1.165) is 60.8 Å². The molecule has 5 rings (SSSR count). The molecule has 0 atom stereocenters. The van der Waals surface area contributed by atoms with E-state index in [2.05, 4.69) is 22.7 Å². The van der Waals surface area contributed by atoms with Crippen molar-refractivity contribution in [2.75, 3.05) is 18.1 Å². The van der Waals surface area contributed by atoms with Crippen molar-refractivity contribution in [3.05, 3.63) is 71.0 Å². The molecule has 1 aliphatic rings. The maximum atomic E-state index is 13.5. The molecule has 0 amide bonds. The van der Waals surface area contributed by atoms with E-state index in [1.807, 2.05) is 45.6 Å². The third kappa shape index (κ3) is 2.94. The van der Waals surface area contributed by atoms with E-state index < -0.39 is 0 Å². The Hall–Kier alpha value is -3.02. The summed E-state index contributed by atoms with van der Waals surface area (Å²) in [5.74, 6) is -0.201. The van der Waals surface area contributed by atoms with Crippen molar-refractivity contribution in [2.24, 2.45) is 0 Å². The molecule has 2 aromatic heterocycles. The van der Waals surface area contributed by atoms with Gasteiger partial charge in [-0.2, -0.15) is 0 Å². The van der Waals surface area contributed by atoms with Crippen LogP contribution in [0.3, 0.4) is 0 Å². The van der Waals surface area contributed by atoms with Crippen LogP contribution < -0.4 is 10.7 Å². The molecule has 0 bridgehead atoms. The normalized spacial score (nSPS) is 15.6. The lowest BCUT2D eigenvalue weighted by Gasteiger charge is -2.34. The van der Waals surface area contributed by atoms with Crippen molar-refractivity contribution in [1.29, 1.82) is 0 Å². The monoisotopic (exact) mass is 392 g/mol. The van der Waals surface area contributed by atoms with Gasteiger partial charge in [-0.05, 0) is 55.7 Å². The number of hydrogen-bond acceptors (Lipinski definition) is 2. The summed E-state index contributed by atoms with van der Waals surface area (Å²) >= 11 is 0. The molecule has 0 saturated carbocycles. The summed E-state index contributed by atoms with van der Waals surface area (Å²) in [5, 5.41) is 3.12. The molecule has 1 saturated heterocycles. The SMILES string of the molecule is CCCn1c(=O)n(N2CCC(n3ccc4cc(F)ccc43)CC2)c2ccccc21. The van der Waals surface area contributed by atoms with Gasteiger partial charge in [0.1, 0.15) is 5.82 Å². The Kier molecular flexibility index (Phi) is 4.42. The zero-order chi connectivity index (χ0) is 20.0. The molecule has 0 spiro atoms. The van der Waals surface area contributed by atoms with Crippen LogP contribution in [0, 0.1) is 5.82 Å². The minimum atomic E-state index is -0.201. The number of benzene rings is 2. The summed E-state index contributed by atoms with van der Waals surface area (Å²) in [6.07, 6.45) is 4.88. The van der Waals surface area contributed by atoms with E-state index in [4.69, 9.17) is 0 Å². The Morgan fingerprint density at radius 2 is 1.76 bits per heavy atom. The molecule has 3 heterocycles. The second kappa shape index (κ2) is 7.10. The Labute approximate surface area is 168 Å². The van der Waals surface area contributed by atoms with Gasteiger partial charge in [0.2, 0.25) is 0 Å². The molecule has 6 heteroatoms. The van der Waals surface area contributed by atoms with Crippen LogP contribution in [0.1, 0.15) is 32.2 Å². The molecule has 1 fully saturated rings. The Morgan fingerprint density at radius 3 is 2.52 bits per heavy atom. The Bertz CT molecular complexity index is 1230. The number of para-hydroxylation sites is 2. The highest BCUT2D eigenvalue weighted by atomic mass is 19.1. The first-order valence-electron chi connectivity index (χ1n) is 10.4. The predicted octanol–water partition coefficient (Wildman–Crippen LogP) is 4.28. The zero-order valence-electron chi connectivity index (χ0n) is 16.6. The molecule has 0 radical (unpaired) electrons. The van der Waals surface area contributed by atoms with Crippen LogP contribution in [0.25, 0.3) is 21.9 Å². The van der Waals surface area contributed by atoms with Gasteiger partial charge < -0.3 is 9.58 Å². The summed E-state index contributed by atoms with van der Waals surface area (Å²) in [4.78, 5) is 13.1. The lowest BCUT2D eigenvalue weighted by atomic mass is 10.1. The van der Waals surface area contributed by atoms with Crippen molar-refractivity contribution in [2.45, 2.75) is 38.8 Å². The molecule has 29 heavy (non-hydrogen) atoms. The van der Waals surface area contributed by atoms with Crippen molar-refractivity contribution >= 4 is 21.9 Å². The minimum absolute atomic E-state index is 0.0494. The van der Waals surface area contributed by atoms with Crippen LogP contribution in [0.2, 0.25) is 0 Å². The first kappa shape index (κ1) is 18.0. The summed E-state index contributed by atoms with van der Waals surface area (Å²) in [6, 6.07) is 15.3. The van der Waals surface area contributed by atoms with E-state index in [1.165, 1.54) is 6.07 Å². The van der Waals surface area contributed by atoms with Crippen LogP contribution in [0.4, 0.5) is 4.39 Å². The number of hydrogen-bond donors (Lipinski definition) is 0. The van der Waals surface area contributed by atoms with Crippen molar-refractivity contribution in [3.63, 3.8) is 0 Å². The summed E-state index contributed by atoms with van der Waals surface area (Å²) in [6.45, 7) is 4.45. The number of aromatic nitrogens is 3. The number of rotatable bonds is 4. The molecule has 0 aliphatic carbocycles. The summed E-state index contributed by atoms with van der Waals surface area (Å²) < 4.78 is 19.5. The van der Waals surface area contributed by atoms with Gasteiger partial charge in [0.15, 0.2) is 0 Å². The lowest BCUT2D eigenvalue weighted by Crippen LogP contribution is -2.47. The van der Waals surface area contributed by atoms with Gasteiger partial charge in [0.05, 0.1) is 11.0 Å². The third-order valence-corrected chi connectivity index (χ3v) is 6.06. The van der Waals surface area contributed by atoms with E-state index in [1.54, 1.807) is 6.07 Å². The Morgan fingerprint density at radius 1 is 1.00 bits per heavy atom. The number of halogens is 1. The van der Waals surface area contributed by atoms with Gasteiger partial charge in [0.25, 0.3) is 0 Å². The van der Waals surface area contributed by atoms with Gasteiger partial charge in [-0.25, -0.2) is 13.9 Å². The van der Waals surface area contributed by atoms with Gasteiger partial charge in [-0.1, -0.05) is 19.1 Å². The fraction of sp³-hybridized carbons (Fsp3) is 0.348. The number of imidazole rings is 1. The van der Waals surface area contributed by atoms with Crippen LogP contribution in [0.5, 0.6) is 0 Å². The largest absolute Gasteiger partial charge is 0.347 e. The van der Waals surface area contributed by atoms with Crippen LogP contribution >= 0.6 is 0 Å². The first-order valence-corrected chi connectivity index (χ1v) is 10.4. The molecule has 1 aliphatic heterocycles. The predicted molar refractivity (Wildman–Crippen MR) is 115 cm³/mol. The van der Waals surface area contributed by atoms with E-state index in [-0.39, 0.29) is 11.5 Å². The van der Waals surface area contributed by atoms with Gasteiger partial charge in [-0.3, -0.25) is 4.57 Å². The minimum Gasteiger partial charge on any atom is -0.344 e. The highest BCUT2D eigenvalue weighted by Gasteiger charge is 2.25. The topological polar surface area (TPSA) is 35.1 Å². The van der Waals surface area contributed by atoms with Gasteiger partial charge >= 0.3 is 5.69 Å². The molecule has 4 aromatic rings. The maximum absolute atomic E-state index is 13.5. The molecule has 0 N–H and O–H groups in total. The van der Waals surface area contributed by atoms with Gasteiger partial charge in [-0.15, -0.1) is 0 Å². The maximum Gasteiger partial charge on any atom is 0.347 e. The first-order chi connectivity index (χ1) is 14.2. The molecular weight excluding hydrogens is 367 g/mol.